The van der Waals surface area contributed by atoms with Gasteiger partial charge in [-0.1, -0.05) is 18.2 Å². The summed E-state index contributed by atoms with van der Waals surface area (Å²) in [5.41, 5.74) is 1.70. The van der Waals surface area contributed by atoms with Gasteiger partial charge in [-0.25, -0.2) is 15.0 Å². The molecule has 2 atom stereocenters. The Bertz CT molecular complexity index is 939. The van der Waals surface area contributed by atoms with Crippen molar-refractivity contribution in [1.29, 1.82) is 0 Å². The molecule has 152 valence electrons. The van der Waals surface area contributed by atoms with Crippen LogP contribution in [-0.2, 0) is 9.53 Å². The molecule has 9 nitrogen and oxygen atoms in total. The molecule has 2 amide bonds. The average molecular weight is 418 g/mol. The van der Waals surface area contributed by atoms with Crippen LogP contribution in [0.15, 0.2) is 37.2 Å². The smallest absolute Gasteiger partial charge is 0.269 e. The van der Waals surface area contributed by atoms with Crippen LogP contribution >= 0.6 is 11.6 Å². The second-order valence-corrected chi connectivity index (χ2v) is 6.74. The largest absolute Gasteiger partial charge is 0.394 e. The van der Waals surface area contributed by atoms with Crippen LogP contribution in [0.2, 0.25) is 5.15 Å². The van der Waals surface area contributed by atoms with Gasteiger partial charge in [0.25, 0.3) is 5.91 Å². The van der Waals surface area contributed by atoms with Gasteiger partial charge in [-0.05, 0) is 29.8 Å². The summed E-state index contributed by atoms with van der Waals surface area (Å²) in [5.74, 6) is -0.598. The summed E-state index contributed by atoms with van der Waals surface area (Å²) in [5, 5.41) is 12.2. The number of aromatic nitrogens is 3. The molecule has 0 aromatic carbocycles. The summed E-state index contributed by atoms with van der Waals surface area (Å²) < 4.78 is 5.91. The van der Waals surface area contributed by atoms with Crippen molar-refractivity contribution in [2.24, 2.45) is 0 Å². The molecule has 1 aliphatic rings. The monoisotopic (exact) mass is 417 g/mol. The third-order valence-electron chi connectivity index (χ3n) is 4.43. The highest BCUT2D eigenvalue weighted by molar-refractivity contribution is 6.29. The number of aliphatic hydroxyl groups is 1. The lowest BCUT2D eigenvalue weighted by atomic mass is 10.1. The zero-order valence-corrected chi connectivity index (χ0v) is 16.5. The van der Waals surface area contributed by atoms with Crippen LogP contribution in [0.4, 0.5) is 0 Å². The lowest BCUT2D eigenvalue weighted by molar-refractivity contribution is -0.144. The molecule has 10 heteroatoms. The van der Waals surface area contributed by atoms with E-state index in [2.05, 4.69) is 26.8 Å². The summed E-state index contributed by atoms with van der Waals surface area (Å²) >= 11 is 6.21. The summed E-state index contributed by atoms with van der Waals surface area (Å²) in [6.07, 6.45) is 1.44. The van der Waals surface area contributed by atoms with Gasteiger partial charge in [0.15, 0.2) is 0 Å². The van der Waals surface area contributed by atoms with E-state index in [-0.39, 0.29) is 42.4 Å². The molecule has 2 aromatic rings. The molecule has 1 saturated heterocycles. The predicted molar refractivity (Wildman–Crippen MR) is 105 cm³/mol. The van der Waals surface area contributed by atoms with Gasteiger partial charge in [-0.2, -0.15) is 0 Å². The fourth-order valence-electron chi connectivity index (χ4n) is 3.02. The molecule has 0 saturated carbocycles. The Morgan fingerprint density at radius 3 is 2.83 bits per heavy atom. The summed E-state index contributed by atoms with van der Waals surface area (Å²) in [6, 6.07) is 4.86. The number of hydrogen-bond donors (Lipinski definition) is 2. The quantitative estimate of drug-likeness (QED) is 0.550. The first-order chi connectivity index (χ1) is 13.9. The maximum absolute atomic E-state index is 12.1. The SMILES string of the molecule is C=CC(=O)N1C[C@@H](CO)O[C@H](c2cc(Cl)nc(-c3cc(C(=O)NC)ncn3)c2)C1. The van der Waals surface area contributed by atoms with Crippen molar-refractivity contribution in [3.8, 4) is 11.4 Å². The van der Waals surface area contributed by atoms with Crippen LogP contribution in [0.25, 0.3) is 11.4 Å². The second-order valence-electron chi connectivity index (χ2n) is 6.35. The number of carbonyl (C=O) groups is 2. The maximum atomic E-state index is 12.1. The van der Waals surface area contributed by atoms with Crippen LogP contribution in [0.5, 0.6) is 0 Å². The van der Waals surface area contributed by atoms with E-state index < -0.39 is 12.2 Å². The molecule has 0 bridgehead atoms. The van der Waals surface area contributed by atoms with E-state index in [0.29, 0.717) is 17.0 Å². The molecule has 0 aliphatic carbocycles. The summed E-state index contributed by atoms with van der Waals surface area (Å²) in [4.78, 5) is 37.9. The van der Waals surface area contributed by atoms with Crippen LogP contribution in [0, 0.1) is 0 Å². The Morgan fingerprint density at radius 2 is 2.14 bits per heavy atom. The van der Waals surface area contributed by atoms with Gasteiger partial charge in [0, 0.05) is 13.6 Å². The first-order valence-corrected chi connectivity index (χ1v) is 9.22. The number of amides is 2. The van der Waals surface area contributed by atoms with E-state index >= 15 is 0 Å². The van der Waals surface area contributed by atoms with Gasteiger partial charge in [0.2, 0.25) is 5.91 Å². The number of nitrogens with one attached hydrogen (secondary N) is 1. The lowest BCUT2D eigenvalue weighted by Gasteiger charge is -2.37. The number of carbonyl (C=O) groups excluding carboxylic acids is 2. The molecule has 0 unspecified atom stereocenters. The third-order valence-corrected chi connectivity index (χ3v) is 4.63. The molecule has 0 spiro atoms. The number of morpholine rings is 1. The topological polar surface area (TPSA) is 118 Å². The first-order valence-electron chi connectivity index (χ1n) is 8.84. The fraction of sp³-hybridized carbons (Fsp3) is 0.316. The molecule has 0 radical (unpaired) electrons. The standard InChI is InChI=1S/C19H20ClN5O4/c1-3-18(27)25-7-12(9-26)29-16(8-25)11-4-14(24-17(20)5-11)13-6-15(19(28)21-2)23-10-22-13/h3-6,10,12,16,26H,1,7-9H2,2H3,(H,21,28)/t12-,16-/m0/s1. The van der Waals surface area contributed by atoms with Crippen LogP contribution in [0.3, 0.4) is 0 Å². The van der Waals surface area contributed by atoms with Crippen molar-refractivity contribution < 1.29 is 19.4 Å². The highest BCUT2D eigenvalue weighted by Gasteiger charge is 2.31. The zero-order chi connectivity index (χ0) is 21.0. The number of rotatable bonds is 5. The Kier molecular flexibility index (Phi) is 6.53. The minimum atomic E-state index is -0.535. The zero-order valence-electron chi connectivity index (χ0n) is 15.7. The Hall–Kier alpha value is -2.88. The van der Waals surface area contributed by atoms with Crippen molar-refractivity contribution in [2.75, 3.05) is 26.7 Å². The molecule has 1 fully saturated rings. The van der Waals surface area contributed by atoms with E-state index in [4.69, 9.17) is 16.3 Å². The van der Waals surface area contributed by atoms with Crippen molar-refractivity contribution in [1.82, 2.24) is 25.2 Å². The molecule has 1 aliphatic heterocycles. The minimum Gasteiger partial charge on any atom is -0.394 e. The molecule has 2 aromatic heterocycles. The first kappa shape index (κ1) is 20.8. The van der Waals surface area contributed by atoms with Gasteiger partial charge >= 0.3 is 0 Å². The Balaban J connectivity index is 1.95. The fourth-order valence-corrected chi connectivity index (χ4v) is 3.23. The minimum absolute atomic E-state index is 0.192. The summed E-state index contributed by atoms with van der Waals surface area (Å²) in [6.45, 7) is 3.82. The van der Waals surface area contributed by atoms with Crippen molar-refractivity contribution in [3.63, 3.8) is 0 Å². The van der Waals surface area contributed by atoms with Gasteiger partial charge in [-0.15, -0.1) is 0 Å². The summed E-state index contributed by atoms with van der Waals surface area (Å²) in [7, 11) is 1.51. The van der Waals surface area contributed by atoms with Crippen LogP contribution < -0.4 is 5.32 Å². The van der Waals surface area contributed by atoms with Crippen molar-refractivity contribution in [3.05, 3.63) is 53.6 Å². The van der Waals surface area contributed by atoms with E-state index in [1.165, 1.54) is 25.5 Å². The second kappa shape index (κ2) is 9.08. The highest BCUT2D eigenvalue weighted by Crippen LogP contribution is 2.29. The highest BCUT2D eigenvalue weighted by atomic mass is 35.5. The lowest BCUT2D eigenvalue weighted by Crippen LogP contribution is -2.47. The van der Waals surface area contributed by atoms with Gasteiger partial charge in [0.05, 0.1) is 30.6 Å². The normalized spacial score (nSPS) is 18.9. The van der Waals surface area contributed by atoms with E-state index in [1.54, 1.807) is 17.0 Å². The van der Waals surface area contributed by atoms with E-state index in [9.17, 15) is 14.7 Å². The van der Waals surface area contributed by atoms with E-state index in [0.717, 1.165) is 0 Å². The maximum Gasteiger partial charge on any atom is 0.269 e. The number of nitrogens with zero attached hydrogens (tertiary/aromatic N) is 4. The number of aliphatic hydroxyl groups excluding tert-OH is 1. The van der Waals surface area contributed by atoms with Gasteiger partial charge in [-0.3, -0.25) is 9.59 Å². The number of halogens is 1. The number of ether oxygens (including phenoxy) is 1. The third kappa shape index (κ3) is 4.76. The van der Waals surface area contributed by atoms with Crippen LogP contribution in [-0.4, -0.2) is 69.6 Å². The number of hydrogen-bond acceptors (Lipinski definition) is 7. The average Bonchev–Trinajstić information content (AvgIpc) is 2.77. The van der Waals surface area contributed by atoms with Gasteiger partial charge in [0.1, 0.15) is 23.3 Å². The molecular weight excluding hydrogens is 398 g/mol. The van der Waals surface area contributed by atoms with Gasteiger partial charge < -0.3 is 20.1 Å². The number of pyridine rings is 1. The molecule has 3 heterocycles. The van der Waals surface area contributed by atoms with Crippen molar-refractivity contribution in [2.45, 2.75) is 12.2 Å². The molecule has 3 rings (SSSR count). The van der Waals surface area contributed by atoms with Crippen molar-refractivity contribution >= 4 is 23.4 Å². The van der Waals surface area contributed by atoms with Crippen LogP contribution in [0.1, 0.15) is 22.2 Å². The van der Waals surface area contributed by atoms with E-state index in [1.807, 2.05) is 0 Å². The molecular formula is C19H20ClN5O4. The Morgan fingerprint density at radius 1 is 1.34 bits per heavy atom. The predicted octanol–water partition coefficient (Wildman–Crippen LogP) is 0.998. The molecule has 2 N–H and O–H groups in total. The molecule has 29 heavy (non-hydrogen) atoms. The Labute approximate surface area is 172 Å².